The summed E-state index contributed by atoms with van der Waals surface area (Å²) in [6, 6.07) is 3.69. The first-order chi connectivity index (χ1) is 8.81. The van der Waals surface area contributed by atoms with E-state index in [9.17, 15) is 14.0 Å². The largest absolute Gasteiger partial charge is 0.480 e. The second-order valence-corrected chi connectivity index (χ2v) is 4.71. The molecular weight excluding hydrogens is 251 g/mol. The van der Waals surface area contributed by atoms with Gasteiger partial charge in [-0.15, -0.1) is 0 Å². The summed E-state index contributed by atoms with van der Waals surface area (Å²) in [6.45, 7) is 3.61. The predicted octanol–water partition coefficient (Wildman–Crippen LogP) is 1.59. The molecule has 0 saturated heterocycles. The molecule has 104 valence electrons. The lowest BCUT2D eigenvalue weighted by Gasteiger charge is -2.22. The summed E-state index contributed by atoms with van der Waals surface area (Å²) in [5.41, 5.74) is 5.37. The number of carbonyl (C=O) groups is 2. The summed E-state index contributed by atoms with van der Waals surface area (Å²) >= 11 is 0. The molecule has 1 rings (SSSR count). The Morgan fingerprint density at radius 2 is 2.05 bits per heavy atom. The number of aliphatic carboxylic acids is 1. The Morgan fingerprint density at radius 1 is 1.42 bits per heavy atom. The summed E-state index contributed by atoms with van der Waals surface area (Å²) in [5.74, 6) is -2.20. The molecule has 0 bridgehead atoms. The number of benzene rings is 1. The molecule has 0 saturated carbocycles. The van der Waals surface area contributed by atoms with Crippen molar-refractivity contribution in [3.05, 3.63) is 29.6 Å². The Hall–Kier alpha value is -2.11. The van der Waals surface area contributed by atoms with E-state index in [1.165, 1.54) is 17.0 Å². The Balaban J connectivity index is 2.97. The quantitative estimate of drug-likeness (QED) is 0.794. The molecule has 0 fully saturated rings. The first-order valence-electron chi connectivity index (χ1n) is 5.87. The maximum Gasteiger partial charge on any atom is 0.323 e. The molecule has 5 nitrogen and oxygen atoms in total. The number of nitrogens with two attached hydrogens (primary N) is 1. The third-order valence-electron chi connectivity index (χ3n) is 2.45. The summed E-state index contributed by atoms with van der Waals surface area (Å²) in [5, 5.41) is 8.80. The van der Waals surface area contributed by atoms with Crippen LogP contribution in [0, 0.1) is 11.7 Å². The van der Waals surface area contributed by atoms with Gasteiger partial charge in [0.15, 0.2) is 0 Å². The van der Waals surface area contributed by atoms with Crippen LogP contribution in [0.3, 0.4) is 0 Å². The van der Waals surface area contributed by atoms with E-state index in [-0.39, 0.29) is 23.7 Å². The van der Waals surface area contributed by atoms with Crippen molar-refractivity contribution in [2.45, 2.75) is 13.8 Å². The van der Waals surface area contributed by atoms with Crippen molar-refractivity contribution in [3.8, 4) is 0 Å². The molecule has 0 aliphatic heterocycles. The van der Waals surface area contributed by atoms with E-state index >= 15 is 0 Å². The number of carbonyl (C=O) groups excluding carboxylic acids is 1. The second-order valence-electron chi connectivity index (χ2n) is 4.71. The molecule has 19 heavy (non-hydrogen) atoms. The molecule has 0 atom stereocenters. The van der Waals surface area contributed by atoms with E-state index in [2.05, 4.69) is 0 Å². The molecule has 0 heterocycles. The van der Waals surface area contributed by atoms with Crippen LogP contribution in [0.1, 0.15) is 24.2 Å². The number of carboxylic acids is 1. The minimum atomic E-state index is -1.11. The first-order valence-corrected chi connectivity index (χ1v) is 5.87. The smallest absolute Gasteiger partial charge is 0.323 e. The van der Waals surface area contributed by atoms with Crippen LogP contribution in [0.5, 0.6) is 0 Å². The molecule has 0 aromatic heterocycles. The maximum atomic E-state index is 13.3. The van der Waals surface area contributed by atoms with E-state index in [1.807, 2.05) is 13.8 Å². The summed E-state index contributed by atoms with van der Waals surface area (Å²) in [6.07, 6.45) is 0. The van der Waals surface area contributed by atoms with Crippen molar-refractivity contribution in [3.63, 3.8) is 0 Å². The zero-order valence-electron chi connectivity index (χ0n) is 10.9. The number of hydrogen-bond donors (Lipinski definition) is 2. The molecule has 3 N–H and O–H groups in total. The number of nitrogen functional groups attached to an aromatic ring is 1. The van der Waals surface area contributed by atoms with E-state index in [4.69, 9.17) is 10.8 Å². The second kappa shape index (κ2) is 6.17. The van der Waals surface area contributed by atoms with Crippen LogP contribution in [0.2, 0.25) is 0 Å². The Morgan fingerprint density at radius 3 is 2.53 bits per heavy atom. The molecule has 0 aliphatic carbocycles. The van der Waals surface area contributed by atoms with Crippen molar-refractivity contribution < 1.29 is 19.1 Å². The van der Waals surface area contributed by atoms with E-state index < -0.39 is 24.2 Å². The lowest BCUT2D eigenvalue weighted by atomic mass is 10.1. The standard InChI is InChI=1S/C13H17FN2O3/c1-8(2)6-16(7-12(17)18)13(19)9-3-4-11(15)10(14)5-9/h3-5,8H,6-7,15H2,1-2H3,(H,17,18). The summed E-state index contributed by atoms with van der Waals surface area (Å²) in [7, 11) is 0. The number of anilines is 1. The highest BCUT2D eigenvalue weighted by Gasteiger charge is 2.20. The van der Waals surface area contributed by atoms with Gasteiger partial charge in [0.2, 0.25) is 0 Å². The molecule has 0 radical (unpaired) electrons. The third kappa shape index (κ3) is 4.24. The van der Waals surface area contributed by atoms with Gasteiger partial charge in [-0.2, -0.15) is 0 Å². The average molecular weight is 268 g/mol. The highest BCUT2D eigenvalue weighted by atomic mass is 19.1. The van der Waals surface area contributed by atoms with Crippen LogP contribution in [0.4, 0.5) is 10.1 Å². The van der Waals surface area contributed by atoms with Crippen LogP contribution >= 0.6 is 0 Å². The van der Waals surface area contributed by atoms with Crippen LogP contribution in [-0.4, -0.2) is 35.0 Å². The highest BCUT2D eigenvalue weighted by Crippen LogP contribution is 2.14. The number of nitrogens with zero attached hydrogens (tertiary/aromatic N) is 1. The Kier molecular flexibility index (Phi) is 4.86. The number of rotatable bonds is 5. The van der Waals surface area contributed by atoms with Gasteiger partial charge in [-0.05, 0) is 24.1 Å². The van der Waals surface area contributed by atoms with Gasteiger partial charge >= 0.3 is 5.97 Å². The van der Waals surface area contributed by atoms with Crippen LogP contribution in [0.15, 0.2) is 18.2 Å². The molecule has 1 aromatic rings. The van der Waals surface area contributed by atoms with Crippen molar-refractivity contribution in [1.82, 2.24) is 4.90 Å². The van der Waals surface area contributed by atoms with Crippen molar-refractivity contribution in [2.75, 3.05) is 18.8 Å². The Bertz CT molecular complexity index is 489. The normalized spacial score (nSPS) is 10.5. The fourth-order valence-corrected chi connectivity index (χ4v) is 1.67. The van der Waals surface area contributed by atoms with Gasteiger partial charge in [0.05, 0.1) is 5.69 Å². The molecule has 0 aliphatic rings. The lowest BCUT2D eigenvalue weighted by Crippen LogP contribution is -2.38. The van der Waals surface area contributed by atoms with E-state index in [0.717, 1.165) is 6.07 Å². The van der Waals surface area contributed by atoms with Gasteiger partial charge in [0, 0.05) is 12.1 Å². The van der Waals surface area contributed by atoms with Crippen LogP contribution in [0.25, 0.3) is 0 Å². The van der Waals surface area contributed by atoms with Gasteiger partial charge in [-0.3, -0.25) is 9.59 Å². The van der Waals surface area contributed by atoms with E-state index in [0.29, 0.717) is 0 Å². The predicted molar refractivity (Wildman–Crippen MR) is 69.2 cm³/mol. The van der Waals surface area contributed by atoms with Gasteiger partial charge in [0.1, 0.15) is 12.4 Å². The number of hydrogen-bond acceptors (Lipinski definition) is 3. The average Bonchev–Trinajstić information content (AvgIpc) is 2.29. The van der Waals surface area contributed by atoms with Crippen LogP contribution in [-0.2, 0) is 4.79 Å². The minimum absolute atomic E-state index is 0.0507. The molecule has 0 unspecified atom stereocenters. The van der Waals surface area contributed by atoms with Gasteiger partial charge in [0.25, 0.3) is 5.91 Å². The lowest BCUT2D eigenvalue weighted by molar-refractivity contribution is -0.137. The highest BCUT2D eigenvalue weighted by molar-refractivity contribution is 5.96. The minimum Gasteiger partial charge on any atom is -0.480 e. The monoisotopic (exact) mass is 268 g/mol. The number of carboxylic acid groups (broad SMARTS) is 1. The zero-order valence-corrected chi connectivity index (χ0v) is 10.9. The molecule has 6 heteroatoms. The fourth-order valence-electron chi connectivity index (χ4n) is 1.67. The zero-order chi connectivity index (χ0) is 14.6. The van der Waals surface area contributed by atoms with Gasteiger partial charge in [-0.1, -0.05) is 13.8 Å². The van der Waals surface area contributed by atoms with Crippen molar-refractivity contribution in [1.29, 1.82) is 0 Å². The fraction of sp³-hybridized carbons (Fsp3) is 0.385. The number of amides is 1. The summed E-state index contributed by atoms with van der Waals surface area (Å²) in [4.78, 5) is 24.1. The van der Waals surface area contributed by atoms with Crippen LogP contribution < -0.4 is 5.73 Å². The number of halogens is 1. The SMILES string of the molecule is CC(C)CN(CC(=O)O)C(=O)c1ccc(N)c(F)c1. The molecule has 0 spiro atoms. The first kappa shape index (κ1) is 14.9. The van der Waals surface area contributed by atoms with Gasteiger partial charge < -0.3 is 15.7 Å². The maximum absolute atomic E-state index is 13.3. The molecule has 1 aromatic carbocycles. The third-order valence-corrected chi connectivity index (χ3v) is 2.45. The van der Waals surface area contributed by atoms with Gasteiger partial charge in [-0.25, -0.2) is 4.39 Å². The molecular formula is C13H17FN2O3. The van der Waals surface area contributed by atoms with Crippen molar-refractivity contribution >= 4 is 17.6 Å². The van der Waals surface area contributed by atoms with Crippen molar-refractivity contribution in [2.24, 2.45) is 5.92 Å². The summed E-state index contributed by atoms with van der Waals surface area (Å²) < 4.78 is 13.3. The van der Waals surface area contributed by atoms with E-state index in [1.54, 1.807) is 0 Å². The Labute approximate surface area is 110 Å². The topological polar surface area (TPSA) is 83.6 Å². The molecule has 1 amide bonds.